The molecule has 0 aromatic heterocycles. The van der Waals surface area contributed by atoms with Gasteiger partial charge in [-0.05, 0) is 35.0 Å². The number of benzene rings is 1. The molecule has 4 nitrogen and oxygen atoms in total. The van der Waals surface area contributed by atoms with Crippen LogP contribution in [0.1, 0.15) is 19.4 Å². The van der Waals surface area contributed by atoms with E-state index in [0.717, 1.165) is 5.56 Å². The summed E-state index contributed by atoms with van der Waals surface area (Å²) in [5.74, 6) is -0.0453. The van der Waals surface area contributed by atoms with Crippen molar-refractivity contribution < 1.29 is 14.3 Å². The molecule has 1 amide bonds. The fourth-order valence-electron chi connectivity index (χ4n) is 1.22. The van der Waals surface area contributed by atoms with E-state index in [0.29, 0.717) is 15.9 Å². The lowest BCUT2D eigenvalue weighted by Crippen LogP contribution is -2.08. The molecule has 0 aliphatic carbocycles. The molecule has 0 radical (unpaired) electrons. The van der Waals surface area contributed by atoms with Gasteiger partial charge in [-0.3, -0.25) is 9.59 Å². The number of ether oxygens (including phenoxy) is 1. The van der Waals surface area contributed by atoms with Crippen molar-refractivity contribution in [3.8, 4) is 5.75 Å². The fourth-order valence-corrected chi connectivity index (χ4v) is 1.65. The number of anilines is 1. The first-order valence-corrected chi connectivity index (χ1v) is 5.46. The Morgan fingerprint density at radius 1 is 1.31 bits per heavy atom. The van der Waals surface area contributed by atoms with Crippen molar-refractivity contribution in [1.29, 1.82) is 0 Å². The van der Waals surface area contributed by atoms with E-state index in [1.54, 1.807) is 19.1 Å². The van der Waals surface area contributed by atoms with Crippen molar-refractivity contribution in [3.63, 3.8) is 0 Å². The molecule has 0 saturated heterocycles. The number of carbonyl (C=O) groups excluding carboxylic acids is 2. The number of esters is 1. The first-order chi connectivity index (χ1) is 7.41. The third kappa shape index (κ3) is 3.06. The summed E-state index contributed by atoms with van der Waals surface area (Å²) in [5, 5.41) is 2.67. The molecule has 1 rings (SSSR count). The molecule has 86 valence electrons. The van der Waals surface area contributed by atoms with Gasteiger partial charge in [-0.2, -0.15) is 0 Å². The van der Waals surface area contributed by atoms with Gasteiger partial charge in [0.25, 0.3) is 0 Å². The minimum Gasteiger partial charge on any atom is -0.426 e. The van der Waals surface area contributed by atoms with Crippen LogP contribution in [-0.4, -0.2) is 11.9 Å². The Labute approximate surface area is 102 Å². The van der Waals surface area contributed by atoms with Gasteiger partial charge in [0, 0.05) is 23.9 Å². The smallest absolute Gasteiger partial charge is 0.308 e. The lowest BCUT2D eigenvalue weighted by molar-refractivity contribution is -0.132. The van der Waals surface area contributed by atoms with E-state index in [2.05, 4.69) is 21.2 Å². The molecule has 0 unspecified atom stereocenters. The topological polar surface area (TPSA) is 55.4 Å². The van der Waals surface area contributed by atoms with E-state index in [4.69, 9.17) is 4.74 Å². The summed E-state index contributed by atoms with van der Waals surface area (Å²) in [5.41, 5.74) is 1.42. The van der Waals surface area contributed by atoms with Gasteiger partial charge in [-0.1, -0.05) is 0 Å². The van der Waals surface area contributed by atoms with Crippen LogP contribution in [0.5, 0.6) is 5.75 Å². The van der Waals surface area contributed by atoms with Gasteiger partial charge < -0.3 is 10.1 Å². The number of hydrogen-bond acceptors (Lipinski definition) is 3. The lowest BCUT2D eigenvalue weighted by atomic mass is 10.2. The summed E-state index contributed by atoms with van der Waals surface area (Å²) in [4.78, 5) is 21.8. The van der Waals surface area contributed by atoms with Crippen LogP contribution in [0.4, 0.5) is 5.69 Å². The maximum Gasteiger partial charge on any atom is 0.308 e. The van der Waals surface area contributed by atoms with Crippen LogP contribution in [0.2, 0.25) is 0 Å². The molecule has 0 bridgehead atoms. The van der Waals surface area contributed by atoms with Gasteiger partial charge >= 0.3 is 5.97 Å². The van der Waals surface area contributed by atoms with Crippen LogP contribution in [0.3, 0.4) is 0 Å². The Kier molecular flexibility index (Phi) is 4.06. The molecular weight excluding hydrogens is 274 g/mol. The summed E-state index contributed by atoms with van der Waals surface area (Å²) >= 11 is 3.34. The predicted molar refractivity (Wildman–Crippen MR) is 64.5 cm³/mol. The Hall–Kier alpha value is -1.36. The summed E-state index contributed by atoms with van der Waals surface area (Å²) in [7, 11) is 0. The number of nitrogens with one attached hydrogen (secondary N) is 1. The summed E-state index contributed by atoms with van der Waals surface area (Å²) in [6.45, 7) is 4.57. The lowest BCUT2D eigenvalue weighted by Gasteiger charge is -2.11. The zero-order valence-electron chi connectivity index (χ0n) is 9.26. The van der Waals surface area contributed by atoms with Gasteiger partial charge in [0.05, 0.1) is 5.69 Å². The molecular formula is C11H12BrNO3. The minimum atomic E-state index is -0.373. The van der Waals surface area contributed by atoms with Crippen LogP contribution in [-0.2, 0) is 9.59 Å². The van der Waals surface area contributed by atoms with E-state index in [-0.39, 0.29) is 11.9 Å². The van der Waals surface area contributed by atoms with Crippen molar-refractivity contribution in [2.24, 2.45) is 0 Å². The monoisotopic (exact) mass is 285 g/mol. The number of halogens is 1. The van der Waals surface area contributed by atoms with E-state index in [1.807, 2.05) is 0 Å². The Bertz CT molecular complexity index is 402. The molecule has 0 spiro atoms. The zero-order valence-corrected chi connectivity index (χ0v) is 10.8. The maximum atomic E-state index is 10.9. The normalized spacial score (nSPS) is 9.75. The average Bonchev–Trinajstić information content (AvgIpc) is 2.16. The molecule has 16 heavy (non-hydrogen) atoms. The van der Waals surface area contributed by atoms with Gasteiger partial charge in [0.1, 0.15) is 5.75 Å². The Balaban J connectivity index is 3.07. The number of rotatable bonds is 2. The van der Waals surface area contributed by atoms with Crippen molar-refractivity contribution >= 4 is 33.5 Å². The molecule has 0 atom stereocenters. The van der Waals surface area contributed by atoms with Crippen molar-refractivity contribution in [2.45, 2.75) is 20.8 Å². The van der Waals surface area contributed by atoms with Gasteiger partial charge in [-0.15, -0.1) is 0 Å². The van der Waals surface area contributed by atoms with Crippen LogP contribution in [0.15, 0.2) is 16.6 Å². The second-order valence-corrected chi connectivity index (χ2v) is 4.12. The summed E-state index contributed by atoms with van der Waals surface area (Å²) in [6, 6.07) is 3.32. The predicted octanol–water partition coefficient (Wildman–Crippen LogP) is 2.64. The maximum absolute atomic E-state index is 10.9. The van der Waals surface area contributed by atoms with E-state index < -0.39 is 0 Å². The number of carbonyl (C=O) groups is 2. The van der Waals surface area contributed by atoms with Crippen molar-refractivity contribution in [3.05, 3.63) is 22.2 Å². The van der Waals surface area contributed by atoms with Gasteiger partial charge in [0.15, 0.2) is 0 Å². The second kappa shape index (κ2) is 5.12. The average molecular weight is 286 g/mol. The van der Waals surface area contributed by atoms with Gasteiger partial charge in [0.2, 0.25) is 5.91 Å². The van der Waals surface area contributed by atoms with Crippen molar-refractivity contribution in [1.82, 2.24) is 0 Å². The van der Waals surface area contributed by atoms with Gasteiger partial charge in [-0.25, -0.2) is 0 Å². The molecule has 1 aromatic rings. The first kappa shape index (κ1) is 12.7. The third-order valence-electron chi connectivity index (χ3n) is 1.90. The zero-order chi connectivity index (χ0) is 12.3. The molecule has 0 saturated carbocycles. The number of hydrogen-bond donors (Lipinski definition) is 1. The second-order valence-electron chi connectivity index (χ2n) is 3.33. The highest BCUT2D eigenvalue weighted by atomic mass is 79.9. The standard InChI is InChI=1S/C11H12BrNO3/c1-6-10(16-8(3)15)5-4-9(11(6)12)13-7(2)14/h4-5H,1-3H3,(H,13,14). The first-order valence-electron chi connectivity index (χ1n) is 4.67. The van der Waals surface area contributed by atoms with Crippen LogP contribution in [0, 0.1) is 6.92 Å². The molecule has 0 aliphatic rings. The molecule has 0 aliphatic heterocycles. The molecule has 0 heterocycles. The third-order valence-corrected chi connectivity index (χ3v) is 2.92. The summed E-state index contributed by atoms with van der Waals surface area (Å²) < 4.78 is 5.71. The molecule has 0 fully saturated rings. The van der Waals surface area contributed by atoms with E-state index in [9.17, 15) is 9.59 Å². The van der Waals surface area contributed by atoms with Crippen LogP contribution in [0.25, 0.3) is 0 Å². The highest BCUT2D eigenvalue weighted by molar-refractivity contribution is 9.10. The quantitative estimate of drug-likeness (QED) is 0.671. The molecule has 1 aromatic carbocycles. The highest BCUT2D eigenvalue weighted by Gasteiger charge is 2.10. The van der Waals surface area contributed by atoms with E-state index >= 15 is 0 Å². The fraction of sp³-hybridized carbons (Fsp3) is 0.273. The number of amides is 1. The van der Waals surface area contributed by atoms with E-state index in [1.165, 1.54) is 13.8 Å². The Morgan fingerprint density at radius 3 is 2.44 bits per heavy atom. The Morgan fingerprint density at radius 2 is 1.94 bits per heavy atom. The summed E-state index contributed by atoms with van der Waals surface area (Å²) in [6.07, 6.45) is 0. The highest BCUT2D eigenvalue weighted by Crippen LogP contribution is 2.32. The van der Waals surface area contributed by atoms with Crippen LogP contribution < -0.4 is 10.1 Å². The molecule has 5 heteroatoms. The SMILES string of the molecule is CC(=O)Nc1ccc(OC(C)=O)c(C)c1Br. The molecule has 1 N–H and O–H groups in total. The van der Waals surface area contributed by atoms with Crippen molar-refractivity contribution in [2.75, 3.05) is 5.32 Å². The minimum absolute atomic E-state index is 0.152. The largest absolute Gasteiger partial charge is 0.426 e. The van der Waals surface area contributed by atoms with Crippen LogP contribution >= 0.6 is 15.9 Å².